The van der Waals surface area contributed by atoms with Gasteiger partial charge in [-0.1, -0.05) is 56.3 Å². The van der Waals surface area contributed by atoms with E-state index >= 15 is 0 Å². The molecule has 0 N–H and O–H groups in total. The Bertz CT molecular complexity index is 837. The highest BCUT2D eigenvalue weighted by Gasteiger charge is 2.31. The maximum Gasteiger partial charge on any atom is 0.241 e. The van der Waals surface area contributed by atoms with Gasteiger partial charge in [0.25, 0.3) is 0 Å². The first-order valence-electron chi connectivity index (χ1n) is 10.9. The molecule has 2 aliphatic rings. The zero-order valence-corrected chi connectivity index (χ0v) is 18.0. The third-order valence-electron chi connectivity index (χ3n) is 6.35. The van der Waals surface area contributed by atoms with Crippen LogP contribution in [0.1, 0.15) is 43.4 Å². The van der Waals surface area contributed by atoms with Crippen LogP contribution in [0.4, 0.5) is 5.69 Å². The summed E-state index contributed by atoms with van der Waals surface area (Å²) in [5, 5.41) is 0. The molecular weight excluding hydrogens is 358 g/mol. The van der Waals surface area contributed by atoms with Crippen molar-refractivity contribution in [2.75, 3.05) is 37.6 Å². The summed E-state index contributed by atoms with van der Waals surface area (Å²) in [6, 6.07) is 17.6. The SMILES string of the molecule is CC(C)c1ccc(CN2CCN(CC(=O)N3c4ccccc4CC3C)CC2)cc1. The Labute approximate surface area is 175 Å². The number of anilines is 1. The van der Waals surface area contributed by atoms with Crippen molar-refractivity contribution in [3.8, 4) is 0 Å². The van der Waals surface area contributed by atoms with Crippen LogP contribution in [0.5, 0.6) is 0 Å². The summed E-state index contributed by atoms with van der Waals surface area (Å²) in [5.41, 5.74) is 5.17. The molecule has 1 atom stereocenters. The van der Waals surface area contributed by atoms with Gasteiger partial charge in [0.1, 0.15) is 0 Å². The Morgan fingerprint density at radius 2 is 1.62 bits per heavy atom. The molecule has 2 heterocycles. The first-order valence-corrected chi connectivity index (χ1v) is 10.9. The number of rotatable bonds is 5. The topological polar surface area (TPSA) is 26.8 Å². The van der Waals surface area contributed by atoms with Crippen molar-refractivity contribution in [1.29, 1.82) is 0 Å². The van der Waals surface area contributed by atoms with E-state index in [0.717, 1.165) is 44.8 Å². The lowest BCUT2D eigenvalue weighted by atomic mass is 10.0. The van der Waals surface area contributed by atoms with Gasteiger partial charge in [0.2, 0.25) is 5.91 Å². The van der Waals surface area contributed by atoms with Crippen LogP contribution in [0.2, 0.25) is 0 Å². The van der Waals surface area contributed by atoms with Crippen molar-refractivity contribution in [3.63, 3.8) is 0 Å². The lowest BCUT2D eigenvalue weighted by Gasteiger charge is -2.35. The number of para-hydroxylation sites is 1. The maximum atomic E-state index is 13.0. The quantitative estimate of drug-likeness (QED) is 0.773. The molecule has 2 aliphatic heterocycles. The number of hydrogen-bond acceptors (Lipinski definition) is 3. The summed E-state index contributed by atoms with van der Waals surface area (Å²) < 4.78 is 0. The zero-order valence-electron chi connectivity index (χ0n) is 18.0. The fourth-order valence-electron chi connectivity index (χ4n) is 4.58. The second-order valence-corrected chi connectivity index (χ2v) is 8.89. The molecule has 0 spiro atoms. The Hall–Kier alpha value is -2.17. The molecule has 0 aliphatic carbocycles. The fourth-order valence-corrected chi connectivity index (χ4v) is 4.58. The van der Waals surface area contributed by atoms with Gasteiger partial charge in [-0.15, -0.1) is 0 Å². The van der Waals surface area contributed by atoms with Crippen molar-refractivity contribution in [3.05, 3.63) is 65.2 Å². The average Bonchev–Trinajstić information content (AvgIpc) is 3.05. The molecular formula is C25H33N3O. The predicted octanol–water partition coefficient (Wildman–Crippen LogP) is 3.91. The van der Waals surface area contributed by atoms with Crippen LogP contribution in [-0.2, 0) is 17.8 Å². The van der Waals surface area contributed by atoms with Crippen LogP contribution in [-0.4, -0.2) is 54.5 Å². The normalized spacial score (nSPS) is 20.3. The summed E-state index contributed by atoms with van der Waals surface area (Å²) >= 11 is 0. The molecule has 0 radical (unpaired) electrons. The van der Waals surface area contributed by atoms with Crippen molar-refractivity contribution < 1.29 is 4.79 Å². The molecule has 0 saturated carbocycles. The van der Waals surface area contributed by atoms with Gasteiger partial charge in [0, 0.05) is 44.5 Å². The lowest BCUT2D eigenvalue weighted by Crippen LogP contribution is -2.50. The summed E-state index contributed by atoms with van der Waals surface area (Å²) in [6.07, 6.45) is 0.964. The minimum absolute atomic E-state index is 0.236. The van der Waals surface area contributed by atoms with Crippen LogP contribution < -0.4 is 4.90 Å². The fraction of sp³-hybridized carbons (Fsp3) is 0.480. The monoisotopic (exact) mass is 391 g/mol. The highest BCUT2D eigenvalue weighted by Crippen LogP contribution is 2.31. The summed E-state index contributed by atoms with van der Waals surface area (Å²) in [6.45, 7) is 12.1. The number of carbonyl (C=O) groups excluding carboxylic acids is 1. The van der Waals surface area contributed by atoms with Crippen molar-refractivity contribution >= 4 is 11.6 Å². The first kappa shape index (κ1) is 20.1. The van der Waals surface area contributed by atoms with Crippen LogP contribution in [0, 0.1) is 0 Å². The van der Waals surface area contributed by atoms with E-state index in [1.807, 2.05) is 11.0 Å². The smallest absolute Gasteiger partial charge is 0.241 e. The van der Waals surface area contributed by atoms with Crippen LogP contribution in [0.15, 0.2) is 48.5 Å². The summed E-state index contributed by atoms with van der Waals surface area (Å²) in [5.74, 6) is 0.815. The summed E-state index contributed by atoms with van der Waals surface area (Å²) in [4.78, 5) is 19.8. The van der Waals surface area contributed by atoms with E-state index in [2.05, 4.69) is 73.0 Å². The van der Waals surface area contributed by atoms with Crippen LogP contribution in [0.25, 0.3) is 0 Å². The van der Waals surface area contributed by atoms with Gasteiger partial charge in [-0.3, -0.25) is 14.6 Å². The van der Waals surface area contributed by atoms with E-state index in [9.17, 15) is 4.79 Å². The van der Waals surface area contributed by atoms with Gasteiger partial charge in [0.15, 0.2) is 0 Å². The van der Waals surface area contributed by atoms with E-state index in [1.165, 1.54) is 16.7 Å². The van der Waals surface area contributed by atoms with Crippen molar-refractivity contribution in [1.82, 2.24) is 9.80 Å². The Morgan fingerprint density at radius 1 is 0.966 bits per heavy atom. The number of nitrogens with zero attached hydrogens (tertiary/aromatic N) is 3. The maximum absolute atomic E-state index is 13.0. The van der Waals surface area contributed by atoms with Gasteiger partial charge in [-0.25, -0.2) is 0 Å². The highest BCUT2D eigenvalue weighted by molar-refractivity contribution is 5.97. The molecule has 2 aromatic rings. The highest BCUT2D eigenvalue weighted by atomic mass is 16.2. The van der Waals surface area contributed by atoms with Gasteiger partial charge < -0.3 is 4.90 Å². The predicted molar refractivity (Wildman–Crippen MR) is 119 cm³/mol. The molecule has 4 heteroatoms. The molecule has 1 unspecified atom stereocenters. The number of piperazine rings is 1. The molecule has 4 nitrogen and oxygen atoms in total. The van der Waals surface area contributed by atoms with Crippen LogP contribution in [0.3, 0.4) is 0 Å². The molecule has 1 fully saturated rings. The van der Waals surface area contributed by atoms with Gasteiger partial charge in [0.05, 0.1) is 6.54 Å². The largest absolute Gasteiger partial charge is 0.308 e. The zero-order chi connectivity index (χ0) is 20.4. The first-order chi connectivity index (χ1) is 14.0. The minimum Gasteiger partial charge on any atom is -0.308 e. The number of amides is 1. The van der Waals surface area contributed by atoms with E-state index in [-0.39, 0.29) is 11.9 Å². The minimum atomic E-state index is 0.236. The van der Waals surface area contributed by atoms with Gasteiger partial charge in [-0.2, -0.15) is 0 Å². The summed E-state index contributed by atoms with van der Waals surface area (Å²) in [7, 11) is 0. The molecule has 1 amide bonds. The van der Waals surface area contributed by atoms with E-state index in [4.69, 9.17) is 0 Å². The Morgan fingerprint density at radius 3 is 2.31 bits per heavy atom. The Kier molecular flexibility index (Phi) is 6.02. The molecule has 29 heavy (non-hydrogen) atoms. The van der Waals surface area contributed by atoms with Crippen molar-refractivity contribution in [2.24, 2.45) is 0 Å². The molecule has 4 rings (SSSR count). The number of benzene rings is 2. The van der Waals surface area contributed by atoms with Gasteiger partial charge >= 0.3 is 0 Å². The molecule has 0 aromatic heterocycles. The molecule has 0 bridgehead atoms. The molecule has 1 saturated heterocycles. The lowest BCUT2D eigenvalue weighted by molar-refractivity contribution is -0.120. The molecule has 2 aromatic carbocycles. The third-order valence-corrected chi connectivity index (χ3v) is 6.35. The van der Waals surface area contributed by atoms with E-state index < -0.39 is 0 Å². The van der Waals surface area contributed by atoms with E-state index in [1.54, 1.807) is 0 Å². The van der Waals surface area contributed by atoms with Gasteiger partial charge in [-0.05, 0) is 42.0 Å². The number of fused-ring (bicyclic) bond motifs is 1. The second-order valence-electron chi connectivity index (χ2n) is 8.89. The number of hydrogen-bond donors (Lipinski definition) is 0. The third kappa shape index (κ3) is 4.54. The Balaban J connectivity index is 1.28. The molecule has 154 valence electrons. The van der Waals surface area contributed by atoms with E-state index in [0.29, 0.717) is 12.5 Å². The average molecular weight is 392 g/mol. The number of carbonyl (C=O) groups is 1. The van der Waals surface area contributed by atoms with Crippen molar-refractivity contribution in [2.45, 2.75) is 45.7 Å². The standard InChI is InChI=1S/C25H33N3O/c1-19(2)22-10-8-21(9-11-22)17-26-12-14-27(15-13-26)18-25(29)28-20(3)16-23-6-4-5-7-24(23)28/h4-11,19-20H,12-18H2,1-3H3. The second kappa shape index (κ2) is 8.68. The van der Waals surface area contributed by atoms with Crippen LogP contribution >= 0.6 is 0 Å².